The SMILES string of the molecule is CC1(C)c2cc(OC3CCN(C(=O)O)CC3)ccc2C(=O)c2c1[nH]c1cc(C#N)c(F)cc21. The maximum Gasteiger partial charge on any atom is 0.407 e. The van der Waals surface area contributed by atoms with Crippen molar-refractivity contribution in [1.29, 1.82) is 5.26 Å². The molecule has 0 radical (unpaired) electrons. The zero-order valence-electron chi connectivity index (χ0n) is 18.2. The summed E-state index contributed by atoms with van der Waals surface area (Å²) in [6.45, 7) is 4.83. The molecule has 7 nitrogen and oxygen atoms in total. The summed E-state index contributed by atoms with van der Waals surface area (Å²) in [4.78, 5) is 29.2. The molecule has 3 aromatic rings. The van der Waals surface area contributed by atoms with Crippen molar-refractivity contribution in [1.82, 2.24) is 9.88 Å². The van der Waals surface area contributed by atoms with Crippen molar-refractivity contribution in [3.05, 3.63) is 64.1 Å². The lowest BCUT2D eigenvalue weighted by Gasteiger charge is -2.33. The number of ketones is 1. The maximum atomic E-state index is 14.3. The van der Waals surface area contributed by atoms with Gasteiger partial charge in [0.2, 0.25) is 0 Å². The second-order valence-electron chi connectivity index (χ2n) is 9.11. The van der Waals surface area contributed by atoms with E-state index in [4.69, 9.17) is 15.1 Å². The Labute approximate surface area is 189 Å². The number of halogens is 1. The van der Waals surface area contributed by atoms with Gasteiger partial charge in [-0.25, -0.2) is 9.18 Å². The van der Waals surface area contributed by atoms with Gasteiger partial charge < -0.3 is 19.7 Å². The van der Waals surface area contributed by atoms with E-state index < -0.39 is 17.3 Å². The van der Waals surface area contributed by atoms with E-state index in [0.29, 0.717) is 59.4 Å². The van der Waals surface area contributed by atoms with Gasteiger partial charge in [0.15, 0.2) is 5.78 Å². The summed E-state index contributed by atoms with van der Waals surface area (Å²) in [6.07, 6.45) is 0.186. The number of nitrogens with one attached hydrogen (secondary N) is 1. The Morgan fingerprint density at radius 2 is 2.00 bits per heavy atom. The van der Waals surface area contributed by atoms with Gasteiger partial charge in [0.25, 0.3) is 0 Å². The predicted molar refractivity (Wildman–Crippen MR) is 118 cm³/mol. The molecule has 33 heavy (non-hydrogen) atoms. The fourth-order valence-corrected chi connectivity index (χ4v) is 4.94. The van der Waals surface area contributed by atoms with Gasteiger partial charge in [-0.2, -0.15) is 5.26 Å². The number of hydrogen-bond acceptors (Lipinski definition) is 4. The number of rotatable bonds is 2. The van der Waals surface area contributed by atoms with Crippen molar-refractivity contribution in [3.8, 4) is 11.8 Å². The average Bonchev–Trinajstić information content (AvgIpc) is 3.17. The normalized spacial score (nSPS) is 17.4. The molecule has 1 aliphatic carbocycles. The number of aromatic nitrogens is 1. The molecule has 5 rings (SSSR count). The van der Waals surface area contributed by atoms with Crippen LogP contribution in [-0.4, -0.2) is 46.1 Å². The minimum Gasteiger partial charge on any atom is -0.490 e. The van der Waals surface area contributed by atoms with Crippen LogP contribution in [0.5, 0.6) is 5.75 Å². The van der Waals surface area contributed by atoms with Gasteiger partial charge in [-0.15, -0.1) is 0 Å². The maximum absolute atomic E-state index is 14.3. The molecule has 2 aromatic carbocycles. The van der Waals surface area contributed by atoms with Crippen molar-refractivity contribution in [2.45, 2.75) is 38.2 Å². The van der Waals surface area contributed by atoms with Gasteiger partial charge in [0.1, 0.15) is 23.7 Å². The Hall–Kier alpha value is -3.86. The fourth-order valence-electron chi connectivity index (χ4n) is 4.94. The van der Waals surface area contributed by atoms with Crippen molar-refractivity contribution < 1.29 is 23.8 Å². The van der Waals surface area contributed by atoms with E-state index in [0.717, 1.165) is 5.56 Å². The highest BCUT2D eigenvalue weighted by Gasteiger charge is 2.40. The van der Waals surface area contributed by atoms with Gasteiger partial charge in [-0.05, 0) is 35.9 Å². The predicted octanol–water partition coefficient (Wildman–Crippen LogP) is 4.57. The Bertz CT molecular complexity index is 1360. The molecule has 2 N–H and O–H groups in total. The first kappa shape index (κ1) is 21.0. The Kier molecular flexibility index (Phi) is 4.67. The van der Waals surface area contributed by atoms with Gasteiger partial charge in [0.05, 0.1) is 11.1 Å². The summed E-state index contributed by atoms with van der Waals surface area (Å²) < 4.78 is 20.5. The van der Waals surface area contributed by atoms with Crippen LogP contribution in [-0.2, 0) is 5.41 Å². The molecule has 1 fully saturated rings. The molecule has 2 heterocycles. The molecule has 1 amide bonds. The highest BCUT2D eigenvalue weighted by molar-refractivity contribution is 6.20. The molecule has 8 heteroatoms. The monoisotopic (exact) mass is 447 g/mol. The number of fused-ring (bicyclic) bond motifs is 4. The molecule has 1 saturated heterocycles. The Balaban J connectivity index is 1.51. The molecule has 0 unspecified atom stereocenters. The van der Waals surface area contributed by atoms with Crippen LogP contribution >= 0.6 is 0 Å². The number of carboxylic acid groups (broad SMARTS) is 1. The number of nitriles is 1. The summed E-state index contributed by atoms with van der Waals surface area (Å²) >= 11 is 0. The van der Waals surface area contributed by atoms with Crippen LogP contribution in [0.3, 0.4) is 0 Å². The number of carbonyl (C=O) groups is 2. The van der Waals surface area contributed by atoms with Crippen molar-refractivity contribution >= 4 is 22.8 Å². The minimum absolute atomic E-state index is 0.0755. The van der Waals surface area contributed by atoms with Gasteiger partial charge in [0, 0.05) is 53.5 Å². The van der Waals surface area contributed by atoms with E-state index in [1.54, 1.807) is 12.1 Å². The largest absolute Gasteiger partial charge is 0.490 e. The van der Waals surface area contributed by atoms with Crippen molar-refractivity contribution in [2.24, 2.45) is 0 Å². The van der Waals surface area contributed by atoms with Crippen LogP contribution in [0.1, 0.15) is 59.4 Å². The van der Waals surface area contributed by atoms with E-state index in [1.165, 1.54) is 17.0 Å². The molecular formula is C25H22FN3O4. The lowest BCUT2D eigenvalue weighted by Crippen LogP contribution is -2.41. The Morgan fingerprint density at radius 1 is 1.27 bits per heavy atom. The number of benzene rings is 2. The number of nitrogens with zero attached hydrogens (tertiary/aromatic N) is 2. The third-order valence-electron chi connectivity index (χ3n) is 6.78. The first-order valence-corrected chi connectivity index (χ1v) is 10.8. The summed E-state index contributed by atoms with van der Waals surface area (Å²) in [5.41, 5.74) is 2.32. The van der Waals surface area contributed by atoms with Crippen LogP contribution < -0.4 is 4.74 Å². The number of carbonyl (C=O) groups excluding carboxylic acids is 1. The van der Waals surface area contributed by atoms with Crippen LogP contribution in [0.4, 0.5) is 9.18 Å². The molecule has 2 aliphatic rings. The Morgan fingerprint density at radius 3 is 2.67 bits per heavy atom. The first-order chi connectivity index (χ1) is 15.7. The van der Waals surface area contributed by atoms with E-state index in [1.807, 2.05) is 26.0 Å². The molecule has 0 saturated carbocycles. The molecule has 1 aliphatic heterocycles. The molecular weight excluding hydrogens is 425 g/mol. The number of likely N-dealkylation sites (tertiary alicyclic amines) is 1. The third-order valence-corrected chi connectivity index (χ3v) is 6.78. The van der Waals surface area contributed by atoms with E-state index in [9.17, 15) is 14.0 Å². The highest BCUT2D eigenvalue weighted by Crippen LogP contribution is 2.45. The van der Waals surface area contributed by atoms with E-state index >= 15 is 0 Å². The van der Waals surface area contributed by atoms with Crippen LogP contribution in [0.15, 0.2) is 30.3 Å². The van der Waals surface area contributed by atoms with E-state index in [2.05, 4.69) is 4.98 Å². The standard InChI is InChI=1S/C25H22FN3O4/c1-25(2)18-10-15(33-14-5-7-29(8-6-14)24(31)32)3-4-16(18)22(30)21-17-11-19(26)13(12-27)9-20(17)28-23(21)25/h3-4,9-11,14,28H,5-8H2,1-2H3,(H,31,32). The minimum atomic E-state index is -0.918. The fraction of sp³-hybridized carbons (Fsp3) is 0.320. The summed E-state index contributed by atoms with van der Waals surface area (Å²) in [6, 6.07) is 9.89. The van der Waals surface area contributed by atoms with Crippen LogP contribution in [0.25, 0.3) is 10.9 Å². The molecule has 0 bridgehead atoms. The summed E-state index contributed by atoms with van der Waals surface area (Å²) in [5.74, 6) is -0.224. The van der Waals surface area contributed by atoms with Gasteiger partial charge >= 0.3 is 6.09 Å². The number of H-pyrrole nitrogens is 1. The zero-order valence-corrected chi connectivity index (χ0v) is 18.2. The first-order valence-electron chi connectivity index (χ1n) is 10.8. The molecule has 0 atom stereocenters. The lowest BCUT2D eigenvalue weighted by molar-refractivity contribution is 0.0894. The van der Waals surface area contributed by atoms with Crippen molar-refractivity contribution in [2.75, 3.05) is 13.1 Å². The average molecular weight is 447 g/mol. The second kappa shape index (κ2) is 7.34. The quantitative estimate of drug-likeness (QED) is 0.599. The van der Waals surface area contributed by atoms with Crippen LogP contribution in [0, 0.1) is 17.1 Å². The summed E-state index contributed by atoms with van der Waals surface area (Å²) in [7, 11) is 0. The number of aromatic amines is 1. The van der Waals surface area contributed by atoms with E-state index in [-0.39, 0.29) is 17.5 Å². The molecule has 0 spiro atoms. The topological polar surface area (TPSA) is 106 Å². The number of ether oxygens (including phenoxy) is 1. The lowest BCUT2D eigenvalue weighted by atomic mass is 9.71. The smallest absolute Gasteiger partial charge is 0.407 e. The number of hydrogen-bond donors (Lipinski definition) is 2. The van der Waals surface area contributed by atoms with Gasteiger partial charge in [-0.1, -0.05) is 13.8 Å². The third kappa shape index (κ3) is 3.23. The second-order valence-corrected chi connectivity index (χ2v) is 9.11. The number of piperidine rings is 1. The zero-order chi connectivity index (χ0) is 23.5. The van der Waals surface area contributed by atoms with Crippen LogP contribution in [0.2, 0.25) is 0 Å². The van der Waals surface area contributed by atoms with Gasteiger partial charge in [-0.3, -0.25) is 4.79 Å². The van der Waals surface area contributed by atoms with Crippen molar-refractivity contribution in [3.63, 3.8) is 0 Å². The number of amides is 1. The highest BCUT2D eigenvalue weighted by atomic mass is 19.1. The molecule has 1 aromatic heterocycles. The molecule has 168 valence electrons. The summed E-state index contributed by atoms with van der Waals surface area (Å²) in [5, 5.41) is 18.8.